The largest absolute Gasteiger partial charge is 0.462 e. The SMILES string of the molecule is C=CC(=O)N1CCN(c2nc(OC[C@@H]3CC(c4ccc(N5CCc6c(nc(OC[C@@H]7CCCN7C)nc6N6CCN(C(=O)C=C)C(CC#N)C6)C5)c(C(F)(F)F)c4Cl)CN3C)nc3c2CCN(c2ccc(F)cc2C(F)(F)F)C3)CC1CC#N. The molecule has 2 aromatic carbocycles. The molecule has 18 nitrogen and oxygen atoms in total. The molecule has 0 spiro atoms. The Morgan fingerprint density at radius 1 is 0.679 bits per heavy atom. The fourth-order valence-corrected chi connectivity index (χ4v) is 13.2. The number of nitriles is 2. The van der Waals surface area contributed by atoms with Gasteiger partial charge < -0.3 is 43.8 Å². The second kappa shape index (κ2) is 24.6. The Bertz CT molecular complexity index is 3270. The monoisotopic (exact) mass is 1190 g/mol. The molecular formula is C58H64ClF7N14O4. The molecule has 5 atom stereocenters. The molecule has 2 aromatic heterocycles. The Labute approximate surface area is 487 Å². The minimum atomic E-state index is -4.88. The van der Waals surface area contributed by atoms with Gasteiger partial charge in [0.1, 0.15) is 30.7 Å². The summed E-state index contributed by atoms with van der Waals surface area (Å²) in [5, 5.41) is 19.0. The second-order valence-electron chi connectivity index (χ2n) is 22.2. The first-order valence-corrected chi connectivity index (χ1v) is 28.4. The molecule has 4 saturated heterocycles. The number of hydrogen-bond donors (Lipinski definition) is 0. The number of hydrogen-bond acceptors (Lipinski definition) is 16. The summed E-state index contributed by atoms with van der Waals surface area (Å²) >= 11 is 6.98. The maximum Gasteiger partial charge on any atom is 0.419 e. The predicted octanol–water partition coefficient (Wildman–Crippen LogP) is 7.80. The van der Waals surface area contributed by atoms with Gasteiger partial charge in [-0.25, -0.2) is 4.39 Å². The van der Waals surface area contributed by atoms with Gasteiger partial charge >= 0.3 is 24.4 Å². The quantitative estimate of drug-likeness (QED) is 0.0831. The summed E-state index contributed by atoms with van der Waals surface area (Å²) in [6, 6.07) is 8.64. The third-order valence-electron chi connectivity index (χ3n) is 17.2. The van der Waals surface area contributed by atoms with Crippen LogP contribution in [0.3, 0.4) is 0 Å². The number of anilines is 4. The van der Waals surface area contributed by atoms with Crippen LogP contribution in [0.15, 0.2) is 55.6 Å². The Hall–Kier alpha value is -7.48. The molecule has 0 saturated carbocycles. The zero-order chi connectivity index (χ0) is 59.8. The molecule has 0 bridgehead atoms. The van der Waals surface area contributed by atoms with Gasteiger partial charge in [0.05, 0.1) is 83.4 Å². The molecule has 4 fully saturated rings. The van der Waals surface area contributed by atoms with Crippen molar-refractivity contribution in [3.63, 3.8) is 0 Å². The zero-order valence-corrected chi connectivity index (χ0v) is 47.4. The summed E-state index contributed by atoms with van der Waals surface area (Å²) in [7, 11) is 3.83. The molecule has 6 aliphatic rings. The minimum absolute atomic E-state index is 0.00417. The first-order valence-electron chi connectivity index (χ1n) is 28.0. The number of likely N-dealkylation sites (N-methyl/N-ethyl adjacent to an activating group) is 2. The Balaban J connectivity index is 0.901. The van der Waals surface area contributed by atoms with Crippen molar-refractivity contribution in [2.45, 2.75) is 100 Å². The van der Waals surface area contributed by atoms with Crippen LogP contribution in [0.4, 0.5) is 53.7 Å². The number of carbonyl (C=O) groups is 2. The molecular weight excluding hydrogens is 1130 g/mol. The molecule has 0 N–H and O–H groups in total. The highest BCUT2D eigenvalue weighted by Crippen LogP contribution is 2.48. The van der Waals surface area contributed by atoms with Crippen molar-refractivity contribution in [3.05, 3.63) is 106 Å². The van der Waals surface area contributed by atoms with Crippen molar-refractivity contribution >= 4 is 46.4 Å². The van der Waals surface area contributed by atoms with Gasteiger partial charge in [-0.15, -0.1) is 0 Å². The number of piperazine rings is 2. The Morgan fingerprint density at radius 2 is 1.21 bits per heavy atom. The molecule has 0 aliphatic carbocycles. The number of ether oxygens (including phenoxy) is 2. The van der Waals surface area contributed by atoms with Gasteiger partial charge in [0, 0.05) is 87.8 Å². The first kappa shape index (κ1) is 59.7. The number of amides is 2. The molecule has 10 rings (SSSR count). The maximum absolute atomic E-state index is 15.6. The van der Waals surface area contributed by atoms with E-state index in [4.69, 9.17) is 41.0 Å². The van der Waals surface area contributed by atoms with E-state index >= 15 is 13.2 Å². The Kier molecular flexibility index (Phi) is 17.5. The molecule has 6 aliphatic heterocycles. The van der Waals surface area contributed by atoms with Crippen molar-refractivity contribution in [3.8, 4) is 24.2 Å². The van der Waals surface area contributed by atoms with Crippen LogP contribution in [-0.4, -0.2) is 168 Å². The molecule has 3 unspecified atom stereocenters. The van der Waals surface area contributed by atoms with Crippen LogP contribution in [0.2, 0.25) is 5.02 Å². The topological polar surface area (TPSA) is 178 Å². The normalized spacial score (nSPS) is 22.3. The highest BCUT2D eigenvalue weighted by atomic mass is 35.5. The van der Waals surface area contributed by atoms with Crippen molar-refractivity contribution in [1.82, 2.24) is 39.5 Å². The number of likely N-dealkylation sites (tertiary alicyclic amines) is 2. The molecule has 4 aromatic rings. The van der Waals surface area contributed by atoms with Crippen molar-refractivity contribution in [1.29, 1.82) is 10.5 Å². The van der Waals surface area contributed by atoms with Crippen molar-refractivity contribution in [2.24, 2.45) is 0 Å². The minimum Gasteiger partial charge on any atom is -0.462 e. The van der Waals surface area contributed by atoms with Crippen LogP contribution >= 0.6 is 11.6 Å². The summed E-state index contributed by atoms with van der Waals surface area (Å²) < 4.78 is 117. The van der Waals surface area contributed by atoms with Gasteiger partial charge in [-0.1, -0.05) is 30.8 Å². The lowest BCUT2D eigenvalue weighted by Gasteiger charge is -2.42. The van der Waals surface area contributed by atoms with Crippen molar-refractivity contribution in [2.75, 3.05) is 112 Å². The van der Waals surface area contributed by atoms with Crippen LogP contribution in [0.25, 0.3) is 0 Å². The molecule has 2 amide bonds. The van der Waals surface area contributed by atoms with Gasteiger partial charge in [-0.3, -0.25) is 14.5 Å². The standard InChI is InChI=1S/C58H64ClF7N14O4/c1-5-49(81)79-24-22-77(29-37(79)13-17-67)53-42-15-20-75(47-11-9-36(60)27-44(47)57(61,62)63)31-45(42)69-56(72-53)84-34-40-26-35(28-74(40)4)41-10-12-48(51(52(41)59)58(64,65)66)76-21-16-43-46(32-76)70-55(83-33-39-8-7-19-73(39)3)71-54(43)78-23-25-80(50(82)6-2)38(30-78)14-18-68/h5-6,9-12,27,35,37-40H,1-2,7-8,13-16,19-26,28-34H2,3-4H3/t35?,37?,38?,39-,40-/m0/s1. The second-order valence-corrected chi connectivity index (χ2v) is 22.6. The van der Waals surface area contributed by atoms with Gasteiger partial charge in [0.15, 0.2) is 0 Å². The van der Waals surface area contributed by atoms with Gasteiger partial charge in [-0.2, -0.15) is 56.8 Å². The fourth-order valence-electron chi connectivity index (χ4n) is 12.8. The van der Waals surface area contributed by atoms with Crippen LogP contribution < -0.4 is 29.1 Å². The van der Waals surface area contributed by atoms with E-state index in [1.54, 1.807) is 20.8 Å². The van der Waals surface area contributed by atoms with Crippen LogP contribution in [0, 0.1) is 28.5 Å². The molecule has 0 radical (unpaired) electrons. The predicted molar refractivity (Wildman–Crippen MR) is 298 cm³/mol. The maximum atomic E-state index is 15.6. The van der Waals surface area contributed by atoms with Crippen LogP contribution in [0.1, 0.15) is 77.2 Å². The van der Waals surface area contributed by atoms with Crippen LogP contribution in [0.5, 0.6) is 12.0 Å². The highest BCUT2D eigenvalue weighted by Gasteiger charge is 2.44. The number of aromatic nitrogens is 4. The number of rotatable bonds is 15. The molecule has 84 heavy (non-hydrogen) atoms. The summed E-state index contributed by atoms with van der Waals surface area (Å²) in [5.74, 6) is -1.17. The highest BCUT2D eigenvalue weighted by molar-refractivity contribution is 6.32. The summed E-state index contributed by atoms with van der Waals surface area (Å²) in [5.41, 5.74) is 0.0444. The number of halogens is 8. The lowest BCUT2D eigenvalue weighted by molar-refractivity contribution is -0.138. The van der Waals surface area contributed by atoms with Crippen molar-refractivity contribution < 1.29 is 49.8 Å². The fraction of sp³-hybridized carbons (Fsp3) is 0.517. The van der Waals surface area contributed by atoms with Gasteiger partial charge in [0.25, 0.3) is 0 Å². The molecule has 446 valence electrons. The van der Waals surface area contributed by atoms with E-state index in [0.29, 0.717) is 72.9 Å². The summed E-state index contributed by atoms with van der Waals surface area (Å²) in [6.07, 6.45) is -4.55. The van der Waals surface area contributed by atoms with Gasteiger partial charge in [-0.05, 0) is 101 Å². The Morgan fingerprint density at radius 3 is 1.71 bits per heavy atom. The third-order valence-corrected chi connectivity index (χ3v) is 17.6. The van der Waals surface area contributed by atoms with E-state index in [9.17, 15) is 37.7 Å². The third kappa shape index (κ3) is 12.4. The lowest BCUT2D eigenvalue weighted by Crippen LogP contribution is -2.55. The van der Waals surface area contributed by atoms with Gasteiger partial charge in [0.2, 0.25) is 11.8 Å². The summed E-state index contributed by atoms with van der Waals surface area (Å²) in [6.45, 7) is 10.5. The van der Waals surface area contributed by atoms with E-state index in [1.807, 2.05) is 28.8 Å². The number of fused-ring (bicyclic) bond motifs is 2. The van der Waals surface area contributed by atoms with E-state index in [1.165, 1.54) is 23.1 Å². The molecule has 8 heterocycles. The first-order chi connectivity index (χ1) is 40.2. The zero-order valence-electron chi connectivity index (χ0n) is 46.6. The van der Waals surface area contributed by atoms with E-state index in [-0.39, 0.29) is 132 Å². The number of benzene rings is 2. The number of alkyl halides is 6. The van der Waals surface area contributed by atoms with E-state index in [2.05, 4.69) is 30.2 Å². The average molecular weight is 1190 g/mol. The van der Waals surface area contributed by atoms with Crippen LogP contribution in [-0.2, 0) is 47.9 Å². The number of nitrogens with zero attached hydrogens (tertiary/aromatic N) is 14. The molecule has 26 heteroatoms. The smallest absolute Gasteiger partial charge is 0.419 e. The van der Waals surface area contributed by atoms with E-state index < -0.39 is 52.3 Å². The lowest BCUT2D eigenvalue weighted by atomic mass is 9.93. The summed E-state index contributed by atoms with van der Waals surface area (Å²) in [4.78, 5) is 59.2. The number of carbonyl (C=O) groups excluding carboxylic acids is 2. The average Bonchev–Trinajstić information content (AvgIpc) is 1.78. The van der Waals surface area contributed by atoms with E-state index in [0.717, 1.165) is 37.1 Å².